The molecule has 2 aromatic rings. The number of ether oxygens (including phenoxy) is 2. The van der Waals surface area contributed by atoms with Gasteiger partial charge < -0.3 is 14.4 Å². The Bertz CT molecular complexity index is 1230. The molecule has 2 aromatic carbocycles. The number of hydrogen-bond donors (Lipinski definition) is 0. The van der Waals surface area contributed by atoms with Crippen molar-refractivity contribution in [1.29, 1.82) is 0 Å². The molecular weight excluding hydrogens is 476 g/mol. The SMILES string of the molecule is Cc1ccc(C)c(S(=O)(=O)N2CCC3(CCN(C(=O)CCCc4ccc5c(c4)OCCO5)C3)CC2)c1. The van der Waals surface area contributed by atoms with Crippen LogP contribution in [0.4, 0.5) is 0 Å². The standard InChI is InChI=1S/C28H36N2O5S/c1-21-6-7-22(2)26(18-21)36(32,33)30-14-11-28(12-15-30)10-13-29(20-28)27(31)5-3-4-23-8-9-24-25(19-23)35-17-16-34-24/h6-9,18-19H,3-5,10-17,20H2,1-2H3. The molecule has 0 unspecified atom stereocenters. The maximum absolute atomic E-state index is 13.3. The molecule has 2 saturated heterocycles. The van der Waals surface area contributed by atoms with Crippen molar-refractivity contribution in [2.75, 3.05) is 39.4 Å². The molecule has 7 nitrogen and oxygen atoms in total. The van der Waals surface area contributed by atoms with Crippen LogP contribution in [0.5, 0.6) is 11.5 Å². The highest BCUT2D eigenvalue weighted by molar-refractivity contribution is 7.89. The lowest BCUT2D eigenvalue weighted by molar-refractivity contribution is -0.130. The van der Waals surface area contributed by atoms with Crippen molar-refractivity contribution < 1.29 is 22.7 Å². The van der Waals surface area contributed by atoms with E-state index < -0.39 is 10.0 Å². The van der Waals surface area contributed by atoms with Gasteiger partial charge >= 0.3 is 0 Å². The fraction of sp³-hybridized carbons (Fsp3) is 0.536. The Morgan fingerprint density at radius 2 is 1.67 bits per heavy atom. The average molecular weight is 513 g/mol. The van der Waals surface area contributed by atoms with Crippen molar-refractivity contribution in [3.05, 3.63) is 53.1 Å². The Hall–Kier alpha value is -2.58. The second-order valence-electron chi connectivity index (χ2n) is 10.6. The van der Waals surface area contributed by atoms with E-state index in [1.54, 1.807) is 10.4 Å². The number of nitrogens with zero attached hydrogens (tertiary/aromatic N) is 2. The Balaban J connectivity index is 1.12. The minimum absolute atomic E-state index is 0.0408. The minimum Gasteiger partial charge on any atom is -0.486 e. The first-order chi connectivity index (χ1) is 17.3. The number of hydrogen-bond acceptors (Lipinski definition) is 5. The van der Waals surface area contributed by atoms with Crippen molar-refractivity contribution in [3.8, 4) is 11.5 Å². The summed E-state index contributed by atoms with van der Waals surface area (Å²) >= 11 is 0. The number of aryl methyl sites for hydroxylation is 3. The second kappa shape index (κ2) is 10.1. The Morgan fingerprint density at radius 1 is 0.944 bits per heavy atom. The molecule has 0 radical (unpaired) electrons. The number of amides is 1. The third kappa shape index (κ3) is 5.11. The highest BCUT2D eigenvalue weighted by Crippen LogP contribution is 2.42. The van der Waals surface area contributed by atoms with E-state index in [0.29, 0.717) is 37.6 Å². The van der Waals surface area contributed by atoms with Crippen LogP contribution >= 0.6 is 0 Å². The van der Waals surface area contributed by atoms with E-state index in [4.69, 9.17) is 9.47 Å². The zero-order chi connectivity index (χ0) is 25.3. The number of carbonyl (C=O) groups is 1. The first-order valence-corrected chi connectivity index (χ1v) is 14.4. The van der Waals surface area contributed by atoms with E-state index in [-0.39, 0.29) is 11.3 Å². The molecular formula is C28H36N2O5S. The van der Waals surface area contributed by atoms with E-state index in [2.05, 4.69) is 0 Å². The molecule has 0 atom stereocenters. The number of benzene rings is 2. The van der Waals surface area contributed by atoms with Gasteiger partial charge in [-0.1, -0.05) is 18.2 Å². The molecule has 5 rings (SSSR count). The second-order valence-corrected chi connectivity index (χ2v) is 12.5. The van der Waals surface area contributed by atoms with Gasteiger partial charge in [-0.05, 0) is 86.3 Å². The van der Waals surface area contributed by atoms with Crippen molar-refractivity contribution in [1.82, 2.24) is 9.21 Å². The van der Waals surface area contributed by atoms with Crippen LogP contribution in [-0.2, 0) is 21.2 Å². The zero-order valence-corrected chi connectivity index (χ0v) is 22.1. The first kappa shape index (κ1) is 25.1. The summed E-state index contributed by atoms with van der Waals surface area (Å²) in [6.07, 6.45) is 4.71. The van der Waals surface area contributed by atoms with Gasteiger partial charge in [0.1, 0.15) is 13.2 Å². The molecule has 3 aliphatic heterocycles. The summed E-state index contributed by atoms with van der Waals surface area (Å²) in [5.74, 6) is 1.78. The van der Waals surface area contributed by atoms with Crippen LogP contribution < -0.4 is 9.47 Å². The first-order valence-electron chi connectivity index (χ1n) is 13.0. The van der Waals surface area contributed by atoms with Crippen LogP contribution in [0.1, 0.15) is 48.8 Å². The lowest BCUT2D eigenvalue weighted by Crippen LogP contribution is -2.44. The molecule has 36 heavy (non-hydrogen) atoms. The smallest absolute Gasteiger partial charge is 0.243 e. The highest BCUT2D eigenvalue weighted by atomic mass is 32.2. The molecule has 3 heterocycles. The van der Waals surface area contributed by atoms with E-state index in [1.807, 2.05) is 49.1 Å². The summed E-state index contributed by atoms with van der Waals surface area (Å²) in [6.45, 7) is 7.47. The summed E-state index contributed by atoms with van der Waals surface area (Å²) in [7, 11) is -3.50. The van der Waals surface area contributed by atoms with Gasteiger partial charge in [0.15, 0.2) is 11.5 Å². The van der Waals surface area contributed by atoms with E-state index in [0.717, 1.165) is 73.4 Å². The molecule has 1 spiro atoms. The molecule has 8 heteroatoms. The molecule has 0 N–H and O–H groups in total. The number of fused-ring (bicyclic) bond motifs is 1. The number of likely N-dealkylation sites (tertiary alicyclic amines) is 1. The van der Waals surface area contributed by atoms with Gasteiger partial charge in [0, 0.05) is 32.6 Å². The fourth-order valence-corrected chi connectivity index (χ4v) is 7.48. The molecule has 1 amide bonds. The van der Waals surface area contributed by atoms with E-state index >= 15 is 0 Å². The third-order valence-corrected chi connectivity index (χ3v) is 10.0. The molecule has 2 fully saturated rings. The maximum atomic E-state index is 13.3. The van der Waals surface area contributed by atoms with E-state index in [1.165, 1.54) is 0 Å². The van der Waals surface area contributed by atoms with Crippen molar-refractivity contribution in [3.63, 3.8) is 0 Å². The summed E-state index contributed by atoms with van der Waals surface area (Å²) < 4.78 is 39.5. The summed E-state index contributed by atoms with van der Waals surface area (Å²) in [6, 6.07) is 11.6. The Morgan fingerprint density at radius 3 is 2.44 bits per heavy atom. The number of piperidine rings is 1. The Kier molecular flexibility index (Phi) is 7.01. The van der Waals surface area contributed by atoms with Crippen LogP contribution in [0.2, 0.25) is 0 Å². The van der Waals surface area contributed by atoms with Crippen LogP contribution in [0.3, 0.4) is 0 Å². The van der Waals surface area contributed by atoms with Crippen LogP contribution in [0, 0.1) is 19.3 Å². The van der Waals surface area contributed by atoms with Crippen molar-refractivity contribution in [2.45, 2.75) is 57.3 Å². The quantitative estimate of drug-likeness (QED) is 0.583. The van der Waals surface area contributed by atoms with Gasteiger partial charge in [-0.15, -0.1) is 0 Å². The third-order valence-electron chi connectivity index (χ3n) is 8.00. The van der Waals surface area contributed by atoms with Gasteiger partial charge in [0.05, 0.1) is 4.90 Å². The summed E-state index contributed by atoms with van der Waals surface area (Å²) in [4.78, 5) is 15.4. The van der Waals surface area contributed by atoms with Crippen LogP contribution in [0.15, 0.2) is 41.3 Å². The molecule has 0 bridgehead atoms. The van der Waals surface area contributed by atoms with Gasteiger partial charge in [-0.2, -0.15) is 4.31 Å². The molecule has 0 saturated carbocycles. The van der Waals surface area contributed by atoms with Crippen LogP contribution in [0.25, 0.3) is 0 Å². The fourth-order valence-electron chi connectivity index (χ4n) is 5.73. The molecule has 194 valence electrons. The van der Waals surface area contributed by atoms with Gasteiger partial charge in [-0.25, -0.2) is 8.42 Å². The number of sulfonamides is 1. The van der Waals surface area contributed by atoms with Gasteiger partial charge in [0.25, 0.3) is 0 Å². The maximum Gasteiger partial charge on any atom is 0.243 e. The predicted molar refractivity (Wildman–Crippen MR) is 138 cm³/mol. The summed E-state index contributed by atoms with van der Waals surface area (Å²) in [5, 5.41) is 0. The summed E-state index contributed by atoms with van der Waals surface area (Å²) in [5.41, 5.74) is 2.93. The van der Waals surface area contributed by atoms with Crippen LogP contribution in [-0.4, -0.2) is 62.9 Å². The molecule has 0 aliphatic carbocycles. The topological polar surface area (TPSA) is 76.2 Å². The number of rotatable bonds is 6. The monoisotopic (exact) mass is 512 g/mol. The largest absolute Gasteiger partial charge is 0.486 e. The molecule has 0 aromatic heterocycles. The highest BCUT2D eigenvalue weighted by Gasteiger charge is 2.44. The van der Waals surface area contributed by atoms with Crippen molar-refractivity contribution in [2.24, 2.45) is 5.41 Å². The zero-order valence-electron chi connectivity index (χ0n) is 21.3. The Labute approximate surface area is 214 Å². The van der Waals surface area contributed by atoms with Gasteiger partial charge in [-0.3, -0.25) is 4.79 Å². The number of carbonyl (C=O) groups excluding carboxylic acids is 1. The lowest BCUT2D eigenvalue weighted by Gasteiger charge is -2.38. The lowest BCUT2D eigenvalue weighted by atomic mass is 9.78. The predicted octanol–water partition coefficient (Wildman–Crippen LogP) is 4.10. The van der Waals surface area contributed by atoms with Gasteiger partial charge in [0.2, 0.25) is 15.9 Å². The van der Waals surface area contributed by atoms with E-state index in [9.17, 15) is 13.2 Å². The average Bonchev–Trinajstić information content (AvgIpc) is 3.29. The molecule has 3 aliphatic rings. The minimum atomic E-state index is -3.50. The van der Waals surface area contributed by atoms with Crippen molar-refractivity contribution >= 4 is 15.9 Å². The normalized spacial score (nSPS) is 19.6.